The summed E-state index contributed by atoms with van der Waals surface area (Å²) in [5.41, 5.74) is 4.16. The van der Waals surface area contributed by atoms with Crippen LogP contribution in [0, 0.1) is 5.51 Å². The maximum atomic E-state index is 11.9. The van der Waals surface area contributed by atoms with E-state index in [1.54, 1.807) is 11.9 Å². The number of rotatable bonds is 4. The molecule has 0 N–H and O–H groups in total. The van der Waals surface area contributed by atoms with Crippen molar-refractivity contribution in [1.82, 2.24) is 14.9 Å². The van der Waals surface area contributed by atoms with E-state index in [-0.39, 0.29) is 6.09 Å². The van der Waals surface area contributed by atoms with Crippen molar-refractivity contribution < 1.29 is 9.53 Å². The number of aromatic nitrogens is 2. The fourth-order valence-corrected chi connectivity index (χ4v) is 2.32. The summed E-state index contributed by atoms with van der Waals surface area (Å²) >= 11 is 1.40. The fraction of sp³-hybridized carbons (Fsp3) is 0.533. The highest BCUT2D eigenvalue weighted by molar-refractivity contribution is 7.15. The Hall–Kier alpha value is -1.89. The third kappa shape index (κ3) is 4.30. The second-order valence-electron chi connectivity index (χ2n) is 6.15. The molecule has 2 rings (SSSR count). The van der Waals surface area contributed by atoms with Gasteiger partial charge < -0.3 is 14.5 Å². The van der Waals surface area contributed by atoms with Crippen molar-refractivity contribution in [3.8, 4) is 0 Å². The quantitative estimate of drug-likeness (QED) is 0.866. The molecule has 0 spiro atoms. The molecule has 7 heteroatoms. The molecule has 119 valence electrons. The number of fused-ring (bicyclic) bond motifs is 1. The second-order valence-corrected chi connectivity index (χ2v) is 6.92. The molecule has 0 aliphatic heterocycles. The van der Waals surface area contributed by atoms with Gasteiger partial charge in [0.15, 0.2) is 5.51 Å². The van der Waals surface area contributed by atoms with E-state index >= 15 is 0 Å². The van der Waals surface area contributed by atoms with E-state index in [9.17, 15) is 4.79 Å². The number of carbonyl (C=O) groups is 1. The number of hydrogen-bond acceptors (Lipinski definition) is 6. The van der Waals surface area contributed by atoms with Gasteiger partial charge in [-0.05, 0) is 26.8 Å². The minimum Gasteiger partial charge on any atom is -0.444 e. The van der Waals surface area contributed by atoms with Crippen LogP contribution >= 0.6 is 11.3 Å². The molecule has 1 amide bonds. The molecule has 2 aromatic rings. The Morgan fingerprint density at radius 2 is 2.09 bits per heavy atom. The number of amides is 1. The Bertz CT molecular complexity index is 650. The zero-order valence-corrected chi connectivity index (χ0v) is 14.4. The summed E-state index contributed by atoms with van der Waals surface area (Å²) in [5.74, 6) is 0. The molecule has 2 aromatic heterocycles. The van der Waals surface area contributed by atoms with Crippen molar-refractivity contribution in [3.05, 3.63) is 17.8 Å². The van der Waals surface area contributed by atoms with E-state index in [1.165, 1.54) is 11.3 Å². The van der Waals surface area contributed by atoms with Crippen LogP contribution in [0.25, 0.3) is 10.3 Å². The summed E-state index contributed by atoms with van der Waals surface area (Å²) in [6.45, 7) is 6.81. The van der Waals surface area contributed by atoms with Crippen LogP contribution < -0.4 is 4.90 Å². The third-order valence-corrected chi connectivity index (χ3v) is 3.73. The zero-order chi connectivity index (χ0) is 16.3. The maximum absolute atomic E-state index is 11.9. The fourth-order valence-electron chi connectivity index (χ4n) is 1.77. The van der Waals surface area contributed by atoms with Crippen LogP contribution in [0.1, 0.15) is 20.8 Å². The first-order chi connectivity index (χ1) is 10.3. The van der Waals surface area contributed by atoms with Gasteiger partial charge in [-0.15, -0.1) is 0 Å². The van der Waals surface area contributed by atoms with Gasteiger partial charge in [0, 0.05) is 27.2 Å². The van der Waals surface area contributed by atoms with Crippen LogP contribution in [-0.2, 0) is 4.74 Å². The smallest absolute Gasteiger partial charge is 0.410 e. The molecule has 6 nitrogen and oxygen atoms in total. The monoisotopic (exact) mass is 321 g/mol. The molecule has 0 fully saturated rings. The number of thiazole rings is 1. The Morgan fingerprint density at radius 3 is 2.77 bits per heavy atom. The minimum atomic E-state index is -0.479. The van der Waals surface area contributed by atoms with Crippen molar-refractivity contribution in [1.29, 1.82) is 0 Å². The molecule has 0 saturated carbocycles. The Kier molecular flexibility index (Phi) is 4.85. The number of likely N-dealkylation sites (N-methyl/N-ethyl adjacent to an activating group) is 2. The summed E-state index contributed by atoms with van der Waals surface area (Å²) in [7, 11) is 3.70. The van der Waals surface area contributed by atoms with Crippen molar-refractivity contribution in [3.63, 3.8) is 0 Å². The van der Waals surface area contributed by atoms with Gasteiger partial charge in [0.05, 0.1) is 11.9 Å². The van der Waals surface area contributed by atoms with Gasteiger partial charge in [0.1, 0.15) is 15.9 Å². The Balaban J connectivity index is 1.91. The molecular weight excluding hydrogens is 300 g/mol. The normalized spacial score (nSPS) is 11.5. The van der Waals surface area contributed by atoms with Crippen LogP contribution in [0.5, 0.6) is 0 Å². The molecule has 0 unspecified atom stereocenters. The Morgan fingerprint density at radius 1 is 1.36 bits per heavy atom. The van der Waals surface area contributed by atoms with Gasteiger partial charge in [-0.1, -0.05) is 11.3 Å². The van der Waals surface area contributed by atoms with E-state index in [0.717, 1.165) is 16.0 Å². The number of nitrogens with zero attached hydrogens (tertiary/aromatic N) is 4. The highest BCUT2D eigenvalue weighted by atomic mass is 32.1. The lowest BCUT2D eigenvalue weighted by atomic mass is 10.2. The van der Waals surface area contributed by atoms with Crippen LogP contribution in [0.15, 0.2) is 12.3 Å². The standard InChI is InChI=1S/C15H21N4O2S/c1-15(2,3)21-14(20)19(5)7-6-18(4)11-8-12-13(16-9-11)22-10-17-12/h8-9H,6-7H2,1-5H3. The van der Waals surface area contributed by atoms with Gasteiger partial charge in [-0.2, -0.15) is 0 Å². The summed E-state index contributed by atoms with van der Waals surface area (Å²) in [4.78, 5) is 24.9. The largest absolute Gasteiger partial charge is 0.444 e. The highest BCUT2D eigenvalue weighted by Crippen LogP contribution is 2.20. The van der Waals surface area contributed by atoms with Crippen molar-refractivity contribution in [2.75, 3.05) is 32.1 Å². The molecular formula is C15H21N4O2S. The summed E-state index contributed by atoms with van der Waals surface area (Å²) in [5, 5.41) is 0. The summed E-state index contributed by atoms with van der Waals surface area (Å²) in [6.07, 6.45) is 1.49. The number of carbonyl (C=O) groups excluding carboxylic acids is 1. The molecule has 22 heavy (non-hydrogen) atoms. The van der Waals surface area contributed by atoms with E-state index in [0.29, 0.717) is 13.1 Å². The lowest BCUT2D eigenvalue weighted by Crippen LogP contribution is -2.38. The molecule has 0 saturated heterocycles. The number of ether oxygens (including phenoxy) is 1. The molecule has 2 heterocycles. The average molecular weight is 321 g/mol. The Labute approximate surface area is 134 Å². The minimum absolute atomic E-state index is 0.316. The summed E-state index contributed by atoms with van der Waals surface area (Å²) in [6, 6.07) is 1.98. The van der Waals surface area contributed by atoms with Crippen molar-refractivity contribution in [2.24, 2.45) is 0 Å². The number of pyridine rings is 1. The van der Waals surface area contributed by atoms with Crippen LogP contribution in [0.2, 0.25) is 0 Å². The lowest BCUT2D eigenvalue weighted by molar-refractivity contribution is 0.0303. The van der Waals surface area contributed by atoms with E-state index < -0.39 is 5.60 Å². The predicted octanol–water partition coefficient (Wildman–Crippen LogP) is 2.79. The van der Waals surface area contributed by atoms with Gasteiger partial charge in [0.2, 0.25) is 0 Å². The van der Waals surface area contributed by atoms with Crippen LogP contribution in [0.4, 0.5) is 10.5 Å². The van der Waals surface area contributed by atoms with E-state index in [4.69, 9.17) is 4.74 Å². The third-order valence-electron chi connectivity index (χ3n) is 3.04. The predicted molar refractivity (Wildman–Crippen MR) is 88.4 cm³/mol. The van der Waals surface area contributed by atoms with Gasteiger partial charge >= 0.3 is 6.09 Å². The summed E-state index contributed by atoms with van der Waals surface area (Å²) < 4.78 is 5.33. The van der Waals surface area contributed by atoms with Crippen molar-refractivity contribution >= 4 is 33.5 Å². The lowest BCUT2D eigenvalue weighted by Gasteiger charge is -2.26. The van der Waals surface area contributed by atoms with Gasteiger partial charge in [-0.25, -0.2) is 14.8 Å². The topological polar surface area (TPSA) is 58.6 Å². The zero-order valence-electron chi connectivity index (χ0n) is 13.6. The van der Waals surface area contributed by atoms with Crippen molar-refractivity contribution in [2.45, 2.75) is 26.4 Å². The number of hydrogen-bond donors (Lipinski definition) is 0. The SMILES string of the molecule is CN(CCN(C)c1cnc2s[c]nc2c1)C(=O)OC(C)(C)C. The first-order valence-corrected chi connectivity index (χ1v) is 7.86. The molecule has 0 bridgehead atoms. The maximum Gasteiger partial charge on any atom is 0.410 e. The highest BCUT2D eigenvalue weighted by Gasteiger charge is 2.19. The second kappa shape index (κ2) is 6.48. The first-order valence-electron chi connectivity index (χ1n) is 7.04. The average Bonchev–Trinajstić information content (AvgIpc) is 2.89. The van der Waals surface area contributed by atoms with Gasteiger partial charge in [-0.3, -0.25) is 0 Å². The van der Waals surface area contributed by atoms with E-state index in [1.807, 2.05) is 45.0 Å². The number of anilines is 1. The molecule has 0 aliphatic rings. The molecule has 0 aromatic carbocycles. The van der Waals surface area contributed by atoms with Crippen LogP contribution in [-0.4, -0.2) is 53.7 Å². The van der Waals surface area contributed by atoms with Gasteiger partial charge in [0.25, 0.3) is 0 Å². The van der Waals surface area contributed by atoms with E-state index in [2.05, 4.69) is 15.5 Å². The molecule has 1 radical (unpaired) electrons. The molecule has 0 atom stereocenters. The first kappa shape index (κ1) is 16.5. The van der Waals surface area contributed by atoms with Crippen LogP contribution in [0.3, 0.4) is 0 Å². The molecule has 0 aliphatic carbocycles.